The lowest BCUT2D eigenvalue weighted by Crippen LogP contribution is -2.07. The third-order valence-corrected chi connectivity index (χ3v) is 2.36. The number of fused-ring (bicyclic) bond motifs is 1. The predicted molar refractivity (Wildman–Crippen MR) is 56.5 cm³/mol. The minimum Gasteiger partial charge on any atom is -0.267 e. The van der Waals surface area contributed by atoms with E-state index in [1.165, 1.54) is 5.56 Å². The van der Waals surface area contributed by atoms with Crippen LogP contribution in [0.5, 0.6) is 0 Å². The van der Waals surface area contributed by atoms with Crippen molar-refractivity contribution in [2.24, 2.45) is 0 Å². The molecule has 3 heteroatoms. The van der Waals surface area contributed by atoms with Crippen LogP contribution in [0.3, 0.4) is 0 Å². The summed E-state index contributed by atoms with van der Waals surface area (Å²) in [5.74, 6) is 0.471. The first-order valence-corrected chi connectivity index (χ1v) is 4.66. The van der Waals surface area contributed by atoms with E-state index in [1.54, 1.807) is 6.20 Å². The van der Waals surface area contributed by atoms with Crippen LogP contribution in [0.15, 0.2) is 29.2 Å². The molecule has 0 aliphatic heterocycles. The van der Waals surface area contributed by atoms with Crippen molar-refractivity contribution < 1.29 is 0 Å². The molecule has 0 aliphatic carbocycles. The van der Waals surface area contributed by atoms with Gasteiger partial charge >= 0.3 is 0 Å². The Morgan fingerprint density at radius 2 is 2.14 bits per heavy atom. The zero-order valence-corrected chi connectivity index (χ0v) is 8.24. The average molecular weight is 188 g/mol. The third kappa shape index (κ3) is 1.41. The smallest absolute Gasteiger partial charge is 0.267 e. The number of rotatable bonds is 1. The minimum absolute atomic E-state index is 0.127. The van der Waals surface area contributed by atoms with Gasteiger partial charge in [-0.05, 0) is 23.6 Å². The summed E-state index contributed by atoms with van der Waals surface area (Å²) in [7, 11) is 0. The van der Waals surface area contributed by atoms with Crippen LogP contribution in [0.2, 0.25) is 0 Å². The van der Waals surface area contributed by atoms with Gasteiger partial charge in [0.2, 0.25) is 0 Å². The number of benzene rings is 1. The van der Waals surface area contributed by atoms with Gasteiger partial charge in [0.15, 0.2) is 0 Å². The molecular weight excluding hydrogens is 176 g/mol. The van der Waals surface area contributed by atoms with Gasteiger partial charge in [-0.25, -0.2) is 5.10 Å². The Morgan fingerprint density at radius 1 is 1.36 bits per heavy atom. The van der Waals surface area contributed by atoms with Gasteiger partial charge in [0.05, 0.1) is 11.6 Å². The van der Waals surface area contributed by atoms with Crippen LogP contribution < -0.4 is 5.56 Å². The topological polar surface area (TPSA) is 45.8 Å². The van der Waals surface area contributed by atoms with Crippen molar-refractivity contribution in [3.63, 3.8) is 0 Å². The lowest BCUT2D eigenvalue weighted by atomic mass is 10.0. The fraction of sp³-hybridized carbons (Fsp3) is 0.273. The van der Waals surface area contributed by atoms with Crippen LogP contribution in [-0.2, 0) is 0 Å². The van der Waals surface area contributed by atoms with Crippen LogP contribution in [0.1, 0.15) is 25.3 Å². The molecule has 2 rings (SSSR count). The molecule has 0 atom stereocenters. The van der Waals surface area contributed by atoms with Gasteiger partial charge in [0.1, 0.15) is 0 Å². The van der Waals surface area contributed by atoms with Gasteiger partial charge in [-0.3, -0.25) is 4.79 Å². The zero-order valence-electron chi connectivity index (χ0n) is 8.24. The molecular formula is C11H12N2O. The first-order valence-electron chi connectivity index (χ1n) is 4.66. The number of aromatic nitrogens is 2. The Hall–Kier alpha value is -1.64. The number of H-pyrrole nitrogens is 1. The van der Waals surface area contributed by atoms with Crippen LogP contribution in [0.25, 0.3) is 10.8 Å². The largest absolute Gasteiger partial charge is 0.272 e. The van der Waals surface area contributed by atoms with E-state index in [0.717, 1.165) is 5.39 Å². The Bertz CT molecular complexity index is 514. The van der Waals surface area contributed by atoms with Crippen molar-refractivity contribution in [2.45, 2.75) is 19.8 Å². The molecule has 14 heavy (non-hydrogen) atoms. The Morgan fingerprint density at radius 3 is 2.86 bits per heavy atom. The Balaban J connectivity index is 2.74. The van der Waals surface area contributed by atoms with E-state index < -0.39 is 0 Å². The highest BCUT2D eigenvalue weighted by Gasteiger charge is 2.02. The molecule has 0 spiro atoms. The normalized spacial score (nSPS) is 11.1. The summed E-state index contributed by atoms with van der Waals surface area (Å²) in [6.45, 7) is 4.25. The highest BCUT2D eigenvalue weighted by Crippen LogP contribution is 2.18. The van der Waals surface area contributed by atoms with Crippen molar-refractivity contribution in [3.05, 3.63) is 40.3 Å². The highest BCUT2D eigenvalue weighted by atomic mass is 16.1. The second-order valence-electron chi connectivity index (χ2n) is 3.70. The second-order valence-corrected chi connectivity index (χ2v) is 3.70. The summed E-state index contributed by atoms with van der Waals surface area (Å²) in [5.41, 5.74) is 1.10. The van der Waals surface area contributed by atoms with Gasteiger partial charge in [0, 0.05) is 5.39 Å². The van der Waals surface area contributed by atoms with E-state index >= 15 is 0 Å². The molecule has 0 bridgehead atoms. The number of hydrogen-bond acceptors (Lipinski definition) is 2. The van der Waals surface area contributed by atoms with Crippen LogP contribution in [0, 0.1) is 0 Å². The molecule has 72 valence electrons. The molecule has 1 aromatic carbocycles. The first kappa shape index (κ1) is 8.94. The first-order chi connectivity index (χ1) is 6.68. The van der Waals surface area contributed by atoms with Gasteiger partial charge in [0.25, 0.3) is 5.56 Å². The molecule has 0 unspecified atom stereocenters. The van der Waals surface area contributed by atoms with E-state index in [9.17, 15) is 4.79 Å². The number of hydrogen-bond donors (Lipinski definition) is 1. The van der Waals surface area contributed by atoms with Crippen LogP contribution >= 0.6 is 0 Å². The van der Waals surface area contributed by atoms with E-state index in [4.69, 9.17) is 0 Å². The van der Waals surface area contributed by atoms with Gasteiger partial charge in [-0.15, -0.1) is 0 Å². The standard InChI is InChI=1S/C11H12N2O/c1-7(2)8-3-4-10-9(5-8)6-12-13-11(10)14/h3-7H,1-2H3,(H,13,14). The second kappa shape index (κ2) is 3.25. The fourth-order valence-corrected chi connectivity index (χ4v) is 1.47. The summed E-state index contributed by atoms with van der Waals surface area (Å²) >= 11 is 0. The molecule has 3 nitrogen and oxygen atoms in total. The summed E-state index contributed by atoms with van der Waals surface area (Å²) in [5, 5.41) is 7.79. The van der Waals surface area contributed by atoms with E-state index in [0.29, 0.717) is 11.3 Å². The number of aromatic amines is 1. The highest BCUT2D eigenvalue weighted by molar-refractivity contribution is 5.81. The molecule has 0 saturated heterocycles. The van der Waals surface area contributed by atoms with Crippen molar-refractivity contribution in [2.75, 3.05) is 0 Å². The number of nitrogens with one attached hydrogen (secondary N) is 1. The molecule has 0 aliphatic rings. The molecule has 1 aromatic heterocycles. The maximum atomic E-state index is 11.3. The maximum Gasteiger partial charge on any atom is 0.272 e. The molecule has 1 heterocycles. The summed E-state index contributed by atoms with van der Waals surface area (Å²) in [6.07, 6.45) is 1.68. The van der Waals surface area contributed by atoms with Crippen molar-refractivity contribution in [1.29, 1.82) is 0 Å². The van der Waals surface area contributed by atoms with E-state index in [1.807, 2.05) is 18.2 Å². The number of nitrogens with zero attached hydrogens (tertiary/aromatic N) is 1. The molecule has 0 fully saturated rings. The van der Waals surface area contributed by atoms with Gasteiger partial charge < -0.3 is 0 Å². The lowest BCUT2D eigenvalue weighted by Gasteiger charge is -2.05. The average Bonchev–Trinajstić information content (AvgIpc) is 2.17. The van der Waals surface area contributed by atoms with E-state index in [2.05, 4.69) is 24.0 Å². The monoisotopic (exact) mass is 188 g/mol. The summed E-state index contributed by atoms with van der Waals surface area (Å²) < 4.78 is 0. The van der Waals surface area contributed by atoms with Gasteiger partial charge in [-0.1, -0.05) is 19.9 Å². The molecule has 0 saturated carbocycles. The fourth-order valence-electron chi connectivity index (χ4n) is 1.47. The van der Waals surface area contributed by atoms with Crippen LogP contribution in [0.4, 0.5) is 0 Å². The molecule has 1 N–H and O–H groups in total. The third-order valence-electron chi connectivity index (χ3n) is 2.36. The molecule has 0 radical (unpaired) electrons. The quantitative estimate of drug-likeness (QED) is 0.744. The van der Waals surface area contributed by atoms with E-state index in [-0.39, 0.29) is 5.56 Å². The summed E-state index contributed by atoms with van der Waals surface area (Å²) in [6, 6.07) is 5.86. The minimum atomic E-state index is -0.127. The Kier molecular flexibility index (Phi) is 2.08. The Labute approximate surface area is 81.8 Å². The molecule has 0 amide bonds. The summed E-state index contributed by atoms with van der Waals surface area (Å²) in [4.78, 5) is 11.3. The lowest BCUT2D eigenvalue weighted by molar-refractivity contribution is 0.868. The van der Waals surface area contributed by atoms with Crippen molar-refractivity contribution >= 4 is 10.8 Å². The van der Waals surface area contributed by atoms with Crippen LogP contribution in [-0.4, -0.2) is 10.2 Å². The predicted octanol–water partition coefficient (Wildman–Crippen LogP) is 2.05. The SMILES string of the molecule is CC(C)c1ccc2c(=O)[nH]ncc2c1. The molecule has 2 aromatic rings. The van der Waals surface area contributed by atoms with Crippen molar-refractivity contribution in [3.8, 4) is 0 Å². The van der Waals surface area contributed by atoms with Crippen molar-refractivity contribution in [1.82, 2.24) is 10.2 Å². The van der Waals surface area contributed by atoms with Gasteiger partial charge in [-0.2, -0.15) is 5.10 Å². The maximum absolute atomic E-state index is 11.3. The zero-order chi connectivity index (χ0) is 10.1.